The highest BCUT2D eigenvalue weighted by Crippen LogP contribution is 2.14. The quantitative estimate of drug-likeness (QED) is 0.845. The summed E-state index contributed by atoms with van der Waals surface area (Å²) in [5, 5.41) is 3.13. The Bertz CT molecular complexity index is 824. The van der Waals surface area contributed by atoms with Gasteiger partial charge in [-0.15, -0.1) is 0 Å². The number of methoxy groups -OCH3 is 1. The van der Waals surface area contributed by atoms with E-state index in [1.54, 1.807) is 10.8 Å². The summed E-state index contributed by atoms with van der Waals surface area (Å²) >= 11 is 0. The number of benzene rings is 1. The van der Waals surface area contributed by atoms with Gasteiger partial charge in [-0.3, -0.25) is 14.5 Å². The van der Waals surface area contributed by atoms with Crippen LogP contribution in [0, 0.1) is 6.92 Å². The smallest absolute Gasteiger partial charge is 0.240 e. The van der Waals surface area contributed by atoms with Crippen molar-refractivity contribution in [2.24, 2.45) is 0 Å². The SMILES string of the molecule is COc1cn(CC(=O)NC2CCN(Cc3ccccc3)CC2)c(C)cc1=O. The van der Waals surface area contributed by atoms with E-state index < -0.39 is 0 Å². The average Bonchev–Trinajstić information content (AvgIpc) is 2.66. The molecule has 2 heterocycles. The van der Waals surface area contributed by atoms with Crippen LogP contribution in [-0.2, 0) is 17.9 Å². The van der Waals surface area contributed by atoms with Crippen LogP contribution in [0.15, 0.2) is 47.4 Å². The first-order valence-electron chi connectivity index (χ1n) is 9.36. The lowest BCUT2D eigenvalue weighted by Gasteiger charge is -2.32. The third-order valence-electron chi connectivity index (χ3n) is 5.04. The fraction of sp³-hybridized carbons (Fsp3) is 0.429. The number of ether oxygens (including phenoxy) is 1. The minimum absolute atomic E-state index is 0.0367. The highest BCUT2D eigenvalue weighted by molar-refractivity contribution is 5.76. The Labute approximate surface area is 159 Å². The number of hydrogen-bond acceptors (Lipinski definition) is 4. The molecule has 1 aliphatic rings. The summed E-state index contributed by atoms with van der Waals surface area (Å²) in [5.74, 6) is 0.216. The number of carbonyl (C=O) groups is 1. The molecule has 1 aromatic heterocycles. The van der Waals surface area contributed by atoms with Gasteiger partial charge in [0.2, 0.25) is 11.3 Å². The number of aryl methyl sites for hydroxylation is 1. The van der Waals surface area contributed by atoms with Gasteiger partial charge in [0.1, 0.15) is 6.54 Å². The van der Waals surface area contributed by atoms with Crippen LogP contribution in [0.1, 0.15) is 24.1 Å². The summed E-state index contributed by atoms with van der Waals surface area (Å²) in [7, 11) is 1.46. The zero-order valence-electron chi connectivity index (χ0n) is 16.0. The second-order valence-electron chi connectivity index (χ2n) is 7.08. The molecule has 1 saturated heterocycles. The van der Waals surface area contributed by atoms with Crippen molar-refractivity contribution in [3.05, 3.63) is 64.1 Å². The Morgan fingerprint density at radius 2 is 1.93 bits per heavy atom. The monoisotopic (exact) mass is 369 g/mol. The van der Waals surface area contributed by atoms with Crippen LogP contribution in [0.4, 0.5) is 0 Å². The van der Waals surface area contributed by atoms with Gasteiger partial charge in [0.25, 0.3) is 0 Å². The fourth-order valence-electron chi connectivity index (χ4n) is 3.48. The number of carbonyl (C=O) groups excluding carboxylic acids is 1. The fourth-order valence-corrected chi connectivity index (χ4v) is 3.48. The van der Waals surface area contributed by atoms with E-state index in [0.29, 0.717) is 0 Å². The molecule has 1 amide bonds. The van der Waals surface area contributed by atoms with Crippen LogP contribution in [0.3, 0.4) is 0 Å². The van der Waals surface area contributed by atoms with Gasteiger partial charge in [0.15, 0.2) is 5.75 Å². The lowest BCUT2D eigenvalue weighted by molar-refractivity contribution is -0.122. The van der Waals surface area contributed by atoms with Gasteiger partial charge >= 0.3 is 0 Å². The summed E-state index contributed by atoms with van der Waals surface area (Å²) in [6, 6.07) is 12.2. The first-order chi connectivity index (χ1) is 13.0. The van der Waals surface area contributed by atoms with Crippen molar-refractivity contribution in [1.82, 2.24) is 14.8 Å². The van der Waals surface area contributed by atoms with Gasteiger partial charge in [-0.05, 0) is 25.3 Å². The van der Waals surface area contributed by atoms with E-state index in [4.69, 9.17) is 4.74 Å². The van der Waals surface area contributed by atoms with E-state index in [2.05, 4.69) is 34.5 Å². The molecule has 0 bridgehead atoms. The standard InChI is InChI=1S/C21H27N3O3/c1-16-12-19(25)20(27-2)14-24(16)15-21(26)22-18-8-10-23(11-9-18)13-17-6-4-3-5-7-17/h3-7,12,14,18H,8-11,13,15H2,1-2H3,(H,22,26). The minimum Gasteiger partial charge on any atom is -0.491 e. The molecular formula is C21H27N3O3. The van der Waals surface area contributed by atoms with Gasteiger partial charge < -0.3 is 14.6 Å². The minimum atomic E-state index is -0.169. The molecule has 1 fully saturated rings. The number of aromatic nitrogens is 1. The third kappa shape index (κ3) is 5.20. The predicted molar refractivity (Wildman–Crippen MR) is 105 cm³/mol. The van der Waals surface area contributed by atoms with Crippen molar-refractivity contribution in [2.45, 2.75) is 38.9 Å². The molecule has 1 aromatic carbocycles. The molecule has 3 rings (SSSR count). The summed E-state index contributed by atoms with van der Waals surface area (Å²) in [4.78, 5) is 26.6. The van der Waals surface area contributed by atoms with Crippen LogP contribution in [0.2, 0.25) is 0 Å². The van der Waals surface area contributed by atoms with E-state index in [-0.39, 0.29) is 29.7 Å². The van der Waals surface area contributed by atoms with Crippen LogP contribution in [-0.4, -0.2) is 41.6 Å². The molecule has 6 heteroatoms. The third-order valence-corrected chi connectivity index (χ3v) is 5.04. The van der Waals surface area contributed by atoms with Crippen LogP contribution in [0.25, 0.3) is 0 Å². The maximum Gasteiger partial charge on any atom is 0.240 e. The van der Waals surface area contributed by atoms with Crippen molar-refractivity contribution < 1.29 is 9.53 Å². The molecule has 0 radical (unpaired) electrons. The zero-order chi connectivity index (χ0) is 19.2. The number of pyridine rings is 1. The molecule has 144 valence electrons. The molecule has 0 aliphatic carbocycles. The first-order valence-corrected chi connectivity index (χ1v) is 9.36. The van der Waals surface area contributed by atoms with Gasteiger partial charge in [0.05, 0.1) is 13.3 Å². The number of piperidine rings is 1. The van der Waals surface area contributed by atoms with E-state index in [9.17, 15) is 9.59 Å². The molecule has 0 spiro atoms. The average molecular weight is 369 g/mol. The van der Waals surface area contributed by atoms with Gasteiger partial charge in [-0.25, -0.2) is 0 Å². The molecule has 2 aromatic rings. The lowest BCUT2D eigenvalue weighted by atomic mass is 10.0. The summed E-state index contributed by atoms with van der Waals surface area (Å²) < 4.78 is 6.81. The Morgan fingerprint density at radius 1 is 1.22 bits per heavy atom. The van der Waals surface area contributed by atoms with E-state index in [0.717, 1.165) is 38.2 Å². The Balaban J connectivity index is 1.49. The van der Waals surface area contributed by atoms with Crippen LogP contribution >= 0.6 is 0 Å². The Kier molecular flexibility index (Phi) is 6.29. The molecule has 1 aliphatic heterocycles. The molecule has 0 atom stereocenters. The number of rotatable bonds is 6. The first kappa shape index (κ1) is 19.2. The molecule has 1 N–H and O–H groups in total. The summed E-state index contributed by atoms with van der Waals surface area (Å²) in [5.41, 5.74) is 1.90. The van der Waals surface area contributed by atoms with Crippen molar-refractivity contribution in [3.63, 3.8) is 0 Å². The van der Waals surface area contributed by atoms with E-state index in [1.807, 2.05) is 13.0 Å². The number of likely N-dealkylation sites (tertiary alicyclic amines) is 1. The number of nitrogens with zero attached hydrogens (tertiary/aromatic N) is 2. The van der Waals surface area contributed by atoms with Crippen molar-refractivity contribution in [2.75, 3.05) is 20.2 Å². The van der Waals surface area contributed by atoms with Crippen LogP contribution < -0.4 is 15.5 Å². The highest BCUT2D eigenvalue weighted by atomic mass is 16.5. The normalized spacial score (nSPS) is 15.5. The zero-order valence-corrected chi connectivity index (χ0v) is 16.0. The second-order valence-corrected chi connectivity index (χ2v) is 7.08. The molecule has 6 nitrogen and oxygen atoms in total. The topological polar surface area (TPSA) is 63.6 Å². The van der Waals surface area contributed by atoms with Crippen LogP contribution in [0.5, 0.6) is 5.75 Å². The van der Waals surface area contributed by atoms with Crippen molar-refractivity contribution >= 4 is 5.91 Å². The van der Waals surface area contributed by atoms with Crippen molar-refractivity contribution in [3.8, 4) is 5.75 Å². The number of hydrogen-bond donors (Lipinski definition) is 1. The molecule has 0 saturated carbocycles. The number of amides is 1. The Hall–Kier alpha value is -2.60. The van der Waals surface area contributed by atoms with Gasteiger partial charge in [-0.2, -0.15) is 0 Å². The van der Waals surface area contributed by atoms with E-state index >= 15 is 0 Å². The molecular weight excluding hydrogens is 342 g/mol. The summed E-state index contributed by atoms with van der Waals surface area (Å²) in [6.45, 7) is 4.91. The molecule has 27 heavy (non-hydrogen) atoms. The Morgan fingerprint density at radius 3 is 2.59 bits per heavy atom. The summed E-state index contributed by atoms with van der Waals surface area (Å²) in [6.07, 6.45) is 3.50. The van der Waals surface area contributed by atoms with Gasteiger partial charge in [0, 0.05) is 37.4 Å². The second kappa shape index (κ2) is 8.86. The van der Waals surface area contributed by atoms with E-state index in [1.165, 1.54) is 18.7 Å². The van der Waals surface area contributed by atoms with Crippen molar-refractivity contribution in [1.29, 1.82) is 0 Å². The maximum absolute atomic E-state index is 12.4. The largest absolute Gasteiger partial charge is 0.491 e. The lowest BCUT2D eigenvalue weighted by Crippen LogP contribution is -2.45. The number of nitrogens with one attached hydrogen (secondary N) is 1. The molecule has 0 unspecified atom stereocenters. The predicted octanol–water partition coefficient (Wildman–Crippen LogP) is 1.95. The maximum atomic E-state index is 12.4. The van der Waals surface area contributed by atoms with Gasteiger partial charge in [-0.1, -0.05) is 30.3 Å². The highest BCUT2D eigenvalue weighted by Gasteiger charge is 2.21.